The fraction of sp³-hybridized carbons (Fsp3) is 0.800. The van der Waals surface area contributed by atoms with E-state index in [4.69, 9.17) is 9.90 Å². The van der Waals surface area contributed by atoms with Crippen molar-refractivity contribution in [3.63, 3.8) is 0 Å². The lowest BCUT2D eigenvalue weighted by Gasteiger charge is -2.17. The topological polar surface area (TPSA) is 54.4 Å². The number of hydrogen-bond acceptors (Lipinski definition) is 2. The third kappa shape index (κ3) is 7.50. The zero-order valence-corrected chi connectivity index (χ0v) is 8.38. The van der Waals surface area contributed by atoms with E-state index in [-0.39, 0.29) is 0 Å². The molecule has 0 aliphatic heterocycles. The Bertz CT molecular complexity index is 165. The summed E-state index contributed by atoms with van der Waals surface area (Å²) in [5, 5.41) is 7.42. The van der Waals surface area contributed by atoms with Gasteiger partial charge in [0, 0.05) is 12.8 Å². The maximum absolute atomic E-state index is 10.8. The SMILES string of the molecule is CC(=O)C1CCCCC1.CC(=O)O. The van der Waals surface area contributed by atoms with Gasteiger partial charge in [-0.3, -0.25) is 9.59 Å². The Labute approximate surface area is 79.1 Å². The van der Waals surface area contributed by atoms with Gasteiger partial charge in [0.25, 0.3) is 5.97 Å². The first kappa shape index (κ1) is 12.1. The van der Waals surface area contributed by atoms with Gasteiger partial charge in [-0.05, 0) is 19.8 Å². The number of ketones is 1. The first-order valence-corrected chi connectivity index (χ1v) is 4.74. The lowest BCUT2D eigenvalue weighted by molar-refractivity contribution is -0.134. The lowest BCUT2D eigenvalue weighted by atomic mass is 9.87. The van der Waals surface area contributed by atoms with Crippen LogP contribution in [0, 0.1) is 5.92 Å². The quantitative estimate of drug-likeness (QED) is 0.683. The van der Waals surface area contributed by atoms with E-state index in [1.54, 1.807) is 6.92 Å². The summed E-state index contributed by atoms with van der Waals surface area (Å²) in [6.07, 6.45) is 6.17. The van der Waals surface area contributed by atoms with E-state index in [9.17, 15) is 4.79 Å². The number of hydrogen-bond donors (Lipinski definition) is 1. The van der Waals surface area contributed by atoms with Crippen molar-refractivity contribution in [3.05, 3.63) is 0 Å². The average Bonchev–Trinajstić information content (AvgIpc) is 2.05. The van der Waals surface area contributed by atoms with Crippen molar-refractivity contribution >= 4 is 11.8 Å². The second-order valence-corrected chi connectivity index (χ2v) is 3.46. The van der Waals surface area contributed by atoms with Crippen LogP contribution in [0.4, 0.5) is 0 Å². The van der Waals surface area contributed by atoms with Crippen LogP contribution in [0.3, 0.4) is 0 Å². The standard InChI is InChI=1S/C8H14O.C2H4O2/c1-7(9)8-5-3-2-4-6-8;1-2(3)4/h8H,2-6H2,1H3;1H3,(H,3,4). The van der Waals surface area contributed by atoms with Crippen LogP contribution in [0.2, 0.25) is 0 Å². The van der Waals surface area contributed by atoms with Gasteiger partial charge >= 0.3 is 0 Å². The number of carboxylic acids is 1. The Morgan fingerprint density at radius 2 is 1.46 bits per heavy atom. The minimum atomic E-state index is -0.833. The predicted molar refractivity (Wildman–Crippen MR) is 50.6 cm³/mol. The smallest absolute Gasteiger partial charge is 0.300 e. The highest BCUT2D eigenvalue weighted by molar-refractivity contribution is 5.78. The largest absolute Gasteiger partial charge is 0.481 e. The zero-order chi connectivity index (χ0) is 10.3. The first-order valence-electron chi connectivity index (χ1n) is 4.74. The molecule has 0 saturated heterocycles. The van der Waals surface area contributed by atoms with Crippen LogP contribution in [0.5, 0.6) is 0 Å². The molecule has 0 aromatic carbocycles. The predicted octanol–water partition coefficient (Wildman–Crippen LogP) is 2.25. The minimum absolute atomic E-state index is 0.398. The normalized spacial score (nSPS) is 17.1. The molecule has 1 aliphatic carbocycles. The highest BCUT2D eigenvalue weighted by Crippen LogP contribution is 2.23. The molecule has 0 radical (unpaired) electrons. The number of carboxylic acid groups (broad SMARTS) is 1. The summed E-state index contributed by atoms with van der Waals surface area (Å²) in [5.74, 6) is -0.0200. The third-order valence-corrected chi connectivity index (χ3v) is 2.18. The molecule has 0 aromatic heterocycles. The summed E-state index contributed by atoms with van der Waals surface area (Å²) in [6.45, 7) is 2.80. The van der Waals surface area contributed by atoms with Gasteiger partial charge in [-0.25, -0.2) is 0 Å². The van der Waals surface area contributed by atoms with Crippen LogP contribution >= 0.6 is 0 Å². The van der Waals surface area contributed by atoms with Gasteiger partial charge in [-0.1, -0.05) is 19.3 Å². The molecule has 0 heterocycles. The zero-order valence-electron chi connectivity index (χ0n) is 8.38. The molecule has 0 unspecified atom stereocenters. The summed E-state index contributed by atoms with van der Waals surface area (Å²) in [4.78, 5) is 19.8. The van der Waals surface area contributed by atoms with Gasteiger partial charge in [0.05, 0.1) is 0 Å². The van der Waals surface area contributed by atoms with Crippen LogP contribution in [-0.4, -0.2) is 16.9 Å². The molecule has 0 atom stereocenters. The van der Waals surface area contributed by atoms with E-state index in [0.29, 0.717) is 11.7 Å². The second kappa shape index (κ2) is 6.63. The number of rotatable bonds is 1. The summed E-state index contributed by atoms with van der Waals surface area (Å²) < 4.78 is 0. The van der Waals surface area contributed by atoms with E-state index in [1.165, 1.54) is 19.3 Å². The monoisotopic (exact) mass is 186 g/mol. The van der Waals surface area contributed by atoms with Gasteiger partial charge in [0.15, 0.2) is 0 Å². The Morgan fingerprint density at radius 1 is 1.08 bits per heavy atom. The van der Waals surface area contributed by atoms with Crippen molar-refractivity contribution in [2.45, 2.75) is 46.0 Å². The molecule has 1 rings (SSSR count). The number of carbonyl (C=O) groups excluding carboxylic acids is 1. The third-order valence-electron chi connectivity index (χ3n) is 2.18. The minimum Gasteiger partial charge on any atom is -0.481 e. The molecular weight excluding hydrogens is 168 g/mol. The average molecular weight is 186 g/mol. The number of aliphatic carboxylic acids is 1. The van der Waals surface area contributed by atoms with E-state index >= 15 is 0 Å². The van der Waals surface area contributed by atoms with Crippen molar-refractivity contribution < 1.29 is 14.7 Å². The molecule has 0 bridgehead atoms. The van der Waals surface area contributed by atoms with Gasteiger partial charge in [-0.15, -0.1) is 0 Å². The Morgan fingerprint density at radius 3 is 1.69 bits per heavy atom. The molecule has 0 aromatic rings. The van der Waals surface area contributed by atoms with E-state index in [0.717, 1.165) is 19.8 Å². The van der Waals surface area contributed by atoms with Gasteiger partial charge in [0.2, 0.25) is 0 Å². The molecule has 3 nitrogen and oxygen atoms in total. The molecule has 1 N–H and O–H groups in total. The Kier molecular flexibility index (Phi) is 6.20. The van der Waals surface area contributed by atoms with Crippen LogP contribution in [0.25, 0.3) is 0 Å². The highest BCUT2D eigenvalue weighted by Gasteiger charge is 2.16. The van der Waals surface area contributed by atoms with Crippen molar-refractivity contribution in [1.29, 1.82) is 0 Å². The lowest BCUT2D eigenvalue weighted by Crippen LogP contribution is -2.13. The summed E-state index contributed by atoms with van der Waals surface area (Å²) in [6, 6.07) is 0. The molecular formula is C10H18O3. The summed E-state index contributed by atoms with van der Waals surface area (Å²) in [5.41, 5.74) is 0. The highest BCUT2D eigenvalue weighted by atomic mass is 16.4. The van der Waals surface area contributed by atoms with Crippen LogP contribution < -0.4 is 0 Å². The van der Waals surface area contributed by atoms with Gasteiger partial charge < -0.3 is 5.11 Å². The molecule has 3 heteroatoms. The molecule has 0 amide bonds. The van der Waals surface area contributed by atoms with Crippen LogP contribution in [-0.2, 0) is 9.59 Å². The molecule has 1 aliphatic rings. The maximum Gasteiger partial charge on any atom is 0.300 e. The van der Waals surface area contributed by atoms with E-state index in [1.807, 2.05) is 0 Å². The maximum atomic E-state index is 10.8. The van der Waals surface area contributed by atoms with Crippen LogP contribution in [0.15, 0.2) is 0 Å². The van der Waals surface area contributed by atoms with Gasteiger partial charge in [0.1, 0.15) is 5.78 Å². The van der Waals surface area contributed by atoms with Crippen molar-refractivity contribution in [3.8, 4) is 0 Å². The van der Waals surface area contributed by atoms with Crippen molar-refractivity contribution in [2.75, 3.05) is 0 Å². The first-order chi connectivity index (χ1) is 6.04. The molecule has 1 fully saturated rings. The fourth-order valence-electron chi connectivity index (χ4n) is 1.51. The molecule has 13 heavy (non-hydrogen) atoms. The second-order valence-electron chi connectivity index (χ2n) is 3.46. The fourth-order valence-corrected chi connectivity index (χ4v) is 1.51. The Balaban J connectivity index is 0.000000310. The number of Topliss-reactive ketones (excluding diaryl/α,β-unsaturated/α-hetero) is 1. The van der Waals surface area contributed by atoms with Crippen molar-refractivity contribution in [2.24, 2.45) is 5.92 Å². The molecule has 1 saturated carbocycles. The summed E-state index contributed by atoms with van der Waals surface area (Å²) in [7, 11) is 0. The molecule has 0 spiro atoms. The summed E-state index contributed by atoms with van der Waals surface area (Å²) >= 11 is 0. The van der Waals surface area contributed by atoms with E-state index < -0.39 is 5.97 Å². The van der Waals surface area contributed by atoms with Gasteiger partial charge in [-0.2, -0.15) is 0 Å². The number of carbonyl (C=O) groups is 2. The van der Waals surface area contributed by atoms with Crippen molar-refractivity contribution in [1.82, 2.24) is 0 Å². The van der Waals surface area contributed by atoms with Crippen LogP contribution in [0.1, 0.15) is 46.0 Å². The van der Waals surface area contributed by atoms with E-state index in [2.05, 4.69) is 0 Å². The Hall–Kier alpha value is -0.860. The molecule has 76 valence electrons.